The summed E-state index contributed by atoms with van der Waals surface area (Å²) < 4.78 is 25.9. The van der Waals surface area contributed by atoms with E-state index in [0.717, 1.165) is 0 Å². The van der Waals surface area contributed by atoms with Crippen LogP contribution in [0.3, 0.4) is 0 Å². The first-order valence-corrected chi connectivity index (χ1v) is 8.94. The van der Waals surface area contributed by atoms with Crippen LogP contribution >= 0.6 is 11.6 Å². The van der Waals surface area contributed by atoms with E-state index < -0.39 is 17.6 Å². The van der Waals surface area contributed by atoms with Gasteiger partial charge in [0.15, 0.2) is 17.3 Å². The average Bonchev–Trinajstić information content (AvgIpc) is 3.20. The molecule has 0 aliphatic rings. The van der Waals surface area contributed by atoms with Crippen LogP contribution in [0.1, 0.15) is 21.6 Å². The number of rotatable bonds is 6. The standard InChI is InChI=1S/C22H17ClFNO4/c1-28-19-7-3-6-16(21(19)24)22(27)17-13-14(23)8-10-18(17)25-12-4-5-15(25)9-11-20(26)29-2/h3-13H,1-2H3. The van der Waals surface area contributed by atoms with E-state index in [1.165, 1.54) is 38.5 Å². The van der Waals surface area contributed by atoms with Crippen molar-refractivity contribution in [2.45, 2.75) is 0 Å². The fourth-order valence-electron chi connectivity index (χ4n) is 2.86. The number of ether oxygens (including phenoxy) is 2. The SMILES string of the molecule is COC(=O)C=Cc1cccn1-c1ccc(Cl)cc1C(=O)c1cccc(OC)c1F. The van der Waals surface area contributed by atoms with Gasteiger partial charge in [-0.2, -0.15) is 0 Å². The monoisotopic (exact) mass is 413 g/mol. The number of benzene rings is 2. The second kappa shape index (κ2) is 8.75. The van der Waals surface area contributed by atoms with Crippen molar-refractivity contribution in [1.29, 1.82) is 0 Å². The van der Waals surface area contributed by atoms with Crippen molar-refractivity contribution in [3.63, 3.8) is 0 Å². The first-order valence-electron chi connectivity index (χ1n) is 8.56. The number of aromatic nitrogens is 1. The van der Waals surface area contributed by atoms with Crippen LogP contribution in [0.4, 0.5) is 4.39 Å². The third-order valence-corrected chi connectivity index (χ3v) is 4.50. The molecular formula is C22H17ClFNO4. The second-order valence-corrected chi connectivity index (χ2v) is 6.41. The van der Waals surface area contributed by atoms with Gasteiger partial charge in [-0.05, 0) is 48.5 Å². The van der Waals surface area contributed by atoms with Gasteiger partial charge in [-0.25, -0.2) is 9.18 Å². The first-order chi connectivity index (χ1) is 14.0. The summed E-state index contributed by atoms with van der Waals surface area (Å²) >= 11 is 6.11. The molecular weight excluding hydrogens is 397 g/mol. The van der Waals surface area contributed by atoms with Crippen molar-refractivity contribution in [2.75, 3.05) is 14.2 Å². The number of ketones is 1. The number of nitrogens with zero attached hydrogens (tertiary/aromatic N) is 1. The highest BCUT2D eigenvalue weighted by atomic mass is 35.5. The summed E-state index contributed by atoms with van der Waals surface area (Å²) in [6.07, 6.45) is 4.55. The number of methoxy groups -OCH3 is 2. The van der Waals surface area contributed by atoms with Crippen LogP contribution in [0, 0.1) is 5.82 Å². The van der Waals surface area contributed by atoms with Crippen LogP contribution in [0.5, 0.6) is 5.75 Å². The second-order valence-electron chi connectivity index (χ2n) is 5.97. The molecule has 29 heavy (non-hydrogen) atoms. The molecule has 0 N–H and O–H groups in total. The molecule has 0 bridgehead atoms. The number of carbonyl (C=O) groups excluding carboxylic acids is 2. The maximum atomic E-state index is 14.7. The van der Waals surface area contributed by atoms with Gasteiger partial charge in [-0.15, -0.1) is 0 Å². The number of halogens is 2. The van der Waals surface area contributed by atoms with E-state index in [1.54, 1.807) is 47.2 Å². The lowest BCUT2D eigenvalue weighted by Gasteiger charge is -2.14. The number of hydrogen-bond donors (Lipinski definition) is 0. The lowest BCUT2D eigenvalue weighted by Crippen LogP contribution is -2.10. The van der Waals surface area contributed by atoms with Crippen LogP contribution < -0.4 is 4.74 Å². The summed E-state index contributed by atoms with van der Waals surface area (Å²) in [5.74, 6) is -1.83. The van der Waals surface area contributed by atoms with E-state index in [4.69, 9.17) is 16.3 Å². The quantitative estimate of drug-likeness (QED) is 0.334. The molecule has 3 rings (SSSR count). The van der Waals surface area contributed by atoms with Crippen molar-refractivity contribution >= 4 is 29.4 Å². The number of esters is 1. The average molecular weight is 414 g/mol. The van der Waals surface area contributed by atoms with Gasteiger partial charge in [0.2, 0.25) is 0 Å². The molecule has 1 heterocycles. The lowest BCUT2D eigenvalue weighted by molar-refractivity contribution is -0.134. The molecule has 0 aliphatic carbocycles. The van der Waals surface area contributed by atoms with Crippen LogP contribution in [0.25, 0.3) is 11.8 Å². The van der Waals surface area contributed by atoms with Gasteiger partial charge < -0.3 is 14.0 Å². The summed E-state index contributed by atoms with van der Waals surface area (Å²) in [7, 11) is 2.61. The molecule has 0 aliphatic heterocycles. The van der Waals surface area contributed by atoms with Gasteiger partial charge in [-0.1, -0.05) is 17.7 Å². The van der Waals surface area contributed by atoms with Gasteiger partial charge in [-0.3, -0.25) is 4.79 Å². The molecule has 148 valence electrons. The molecule has 0 atom stereocenters. The van der Waals surface area contributed by atoms with Gasteiger partial charge >= 0.3 is 5.97 Å². The van der Waals surface area contributed by atoms with E-state index in [0.29, 0.717) is 16.4 Å². The van der Waals surface area contributed by atoms with Gasteiger partial charge in [0, 0.05) is 28.6 Å². The minimum Gasteiger partial charge on any atom is -0.494 e. The maximum Gasteiger partial charge on any atom is 0.330 e. The third-order valence-electron chi connectivity index (χ3n) is 4.26. The fraction of sp³-hybridized carbons (Fsp3) is 0.0909. The molecule has 0 unspecified atom stereocenters. The van der Waals surface area contributed by atoms with Gasteiger partial charge in [0.25, 0.3) is 0 Å². The predicted octanol–water partition coefficient (Wildman–Crippen LogP) is 4.70. The molecule has 1 aromatic heterocycles. The summed E-state index contributed by atoms with van der Waals surface area (Å²) in [5, 5.41) is 0.333. The molecule has 0 spiro atoms. The largest absolute Gasteiger partial charge is 0.494 e. The van der Waals surface area contributed by atoms with Crippen molar-refractivity contribution in [3.05, 3.63) is 88.5 Å². The van der Waals surface area contributed by atoms with Crippen molar-refractivity contribution in [2.24, 2.45) is 0 Å². The molecule has 7 heteroatoms. The Labute approximate surface area is 171 Å². The molecule has 3 aromatic rings. The Bertz CT molecular complexity index is 1100. The molecule has 0 saturated heterocycles. The van der Waals surface area contributed by atoms with E-state index in [9.17, 15) is 14.0 Å². The Hall–Kier alpha value is -3.38. The zero-order chi connectivity index (χ0) is 21.0. The summed E-state index contributed by atoms with van der Waals surface area (Å²) in [5.41, 5.74) is 1.18. The molecule has 5 nitrogen and oxygen atoms in total. The van der Waals surface area contributed by atoms with E-state index in [-0.39, 0.29) is 16.9 Å². The van der Waals surface area contributed by atoms with Gasteiger partial charge in [0.05, 0.1) is 25.5 Å². The zero-order valence-corrected chi connectivity index (χ0v) is 16.4. The molecule has 2 aromatic carbocycles. The first kappa shape index (κ1) is 20.4. The third kappa shape index (κ3) is 4.22. The topological polar surface area (TPSA) is 57.5 Å². The lowest BCUT2D eigenvalue weighted by atomic mass is 10.0. The summed E-state index contributed by atoms with van der Waals surface area (Å²) in [6, 6.07) is 12.6. The Morgan fingerprint density at radius 3 is 2.59 bits per heavy atom. The Morgan fingerprint density at radius 1 is 1.07 bits per heavy atom. The van der Waals surface area contributed by atoms with Crippen LogP contribution in [-0.4, -0.2) is 30.5 Å². The number of carbonyl (C=O) groups is 2. The fourth-order valence-corrected chi connectivity index (χ4v) is 3.03. The van der Waals surface area contributed by atoms with Crippen LogP contribution in [0.15, 0.2) is 60.8 Å². The minimum atomic E-state index is -0.746. The van der Waals surface area contributed by atoms with E-state index in [1.807, 2.05) is 0 Å². The highest BCUT2D eigenvalue weighted by Crippen LogP contribution is 2.28. The number of hydrogen-bond acceptors (Lipinski definition) is 4. The zero-order valence-electron chi connectivity index (χ0n) is 15.7. The normalized spacial score (nSPS) is 10.9. The highest BCUT2D eigenvalue weighted by molar-refractivity contribution is 6.31. The Balaban J connectivity index is 2.12. The van der Waals surface area contributed by atoms with Crippen molar-refractivity contribution < 1.29 is 23.5 Å². The van der Waals surface area contributed by atoms with Crippen LogP contribution in [0.2, 0.25) is 5.02 Å². The summed E-state index contributed by atoms with van der Waals surface area (Å²) in [6.45, 7) is 0. The minimum absolute atomic E-state index is 0.0258. The van der Waals surface area contributed by atoms with E-state index in [2.05, 4.69) is 4.74 Å². The molecule has 0 amide bonds. The highest BCUT2D eigenvalue weighted by Gasteiger charge is 2.21. The molecule has 0 saturated carbocycles. The van der Waals surface area contributed by atoms with Crippen LogP contribution in [-0.2, 0) is 9.53 Å². The maximum absolute atomic E-state index is 14.7. The Kier molecular flexibility index (Phi) is 6.14. The summed E-state index contributed by atoms with van der Waals surface area (Å²) in [4.78, 5) is 24.6. The predicted molar refractivity (Wildman–Crippen MR) is 108 cm³/mol. The van der Waals surface area contributed by atoms with Crippen molar-refractivity contribution in [3.8, 4) is 11.4 Å². The smallest absolute Gasteiger partial charge is 0.330 e. The molecule has 0 fully saturated rings. The van der Waals surface area contributed by atoms with Crippen molar-refractivity contribution in [1.82, 2.24) is 4.57 Å². The Morgan fingerprint density at radius 2 is 1.86 bits per heavy atom. The van der Waals surface area contributed by atoms with Gasteiger partial charge in [0.1, 0.15) is 0 Å². The van der Waals surface area contributed by atoms with E-state index >= 15 is 0 Å². The molecule has 0 radical (unpaired) electrons.